The van der Waals surface area contributed by atoms with Crippen molar-refractivity contribution >= 4 is 9.84 Å². The lowest BCUT2D eigenvalue weighted by Gasteiger charge is -2.23. The lowest BCUT2D eigenvalue weighted by Crippen LogP contribution is -2.23. The Morgan fingerprint density at radius 3 is 2.15 bits per heavy atom. The second kappa shape index (κ2) is 7.23. The van der Waals surface area contributed by atoms with E-state index in [0.717, 1.165) is 13.0 Å². The van der Waals surface area contributed by atoms with Crippen molar-refractivity contribution in [2.75, 3.05) is 18.6 Å². The first kappa shape index (κ1) is 17.2. The van der Waals surface area contributed by atoms with Crippen molar-refractivity contribution in [1.82, 2.24) is 5.32 Å². The van der Waals surface area contributed by atoms with E-state index in [1.54, 1.807) is 0 Å². The number of hydrogen-bond acceptors (Lipinski definition) is 3. The Labute approximate surface area is 123 Å². The van der Waals surface area contributed by atoms with E-state index in [1.807, 2.05) is 0 Å². The van der Waals surface area contributed by atoms with Gasteiger partial charge >= 0.3 is 0 Å². The molecule has 3 nitrogen and oxygen atoms in total. The summed E-state index contributed by atoms with van der Waals surface area (Å²) in [5, 5.41) is 3.49. The van der Waals surface area contributed by atoms with Crippen LogP contribution in [-0.2, 0) is 9.84 Å². The first-order valence-corrected chi connectivity index (χ1v) is 9.29. The van der Waals surface area contributed by atoms with Crippen LogP contribution in [0.1, 0.15) is 48.1 Å². The van der Waals surface area contributed by atoms with Crippen LogP contribution in [0.3, 0.4) is 0 Å². The van der Waals surface area contributed by atoms with Crippen molar-refractivity contribution in [1.29, 1.82) is 0 Å². The molecular formula is C16H27NO2S. The van der Waals surface area contributed by atoms with Gasteiger partial charge in [0.2, 0.25) is 0 Å². The Morgan fingerprint density at radius 2 is 1.70 bits per heavy atom. The third kappa shape index (κ3) is 5.25. The second-order valence-electron chi connectivity index (χ2n) is 5.69. The predicted octanol–water partition coefficient (Wildman–Crippen LogP) is 3.09. The van der Waals surface area contributed by atoms with Crippen LogP contribution < -0.4 is 5.32 Å². The first-order chi connectivity index (χ1) is 9.24. The summed E-state index contributed by atoms with van der Waals surface area (Å²) in [6.45, 7) is 9.35. The summed E-state index contributed by atoms with van der Waals surface area (Å²) in [6.07, 6.45) is 2.85. The molecule has 0 aliphatic rings. The molecule has 0 saturated heterocycles. The highest BCUT2D eigenvalue weighted by atomic mass is 32.2. The van der Waals surface area contributed by atoms with E-state index < -0.39 is 9.84 Å². The summed E-state index contributed by atoms with van der Waals surface area (Å²) in [5.41, 5.74) is 5.17. The van der Waals surface area contributed by atoms with E-state index in [0.29, 0.717) is 6.42 Å². The second-order valence-corrected chi connectivity index (χ2v) is 7.95. The molecular weight excluding hydrogens is 270 g/mol. The zero-order valence-electron chi connectivity index (χ0n) is 13.3. The van der Waals surface area contributed by atoms with Gasteiger partial charge in [0.05, 0.1) is 0 Å². The SMILES string of the molecule is CCNC(CCCS(C)(=O)=O)c1c(C)cc(C)cc1C. The maximum absolute atomic E-state index is 11.3. The van der Waals surface area contributed by atoms with Gasteiger partial charge in [-0.25, -0.2) is 8.42 Å². The maximum atomic E-state index is 11.3. The molecule has 0 heterocycles. The zero-order valence-corrected chi connectivity index (χ0v) is 14.1. The lowest BCUT2D eigenvalue weighted by atomic mass is 9.91. The fourth-order valence-electron chi connectivity index (χ4n) is 2.89. The third-order valence-corrected chi connectivity index (χ3v) is 4.58. The van der Waals surface area contributed by atoms with Crippen molar-refractivity contribution in [2.24, 2.45) is 0 Å². The maximum Gasteiger partial charge on any atom is 0.147 e. The molecule has 0 aromatic heterocycles. The molecule has 1 atom stereocenters. The highest BCUT2D eigenvalue weighted by molar-refractivity contribution is 7.90. The number of hydrogen-bond donors (Lipinski definition) is 1. The summed E-state index contributed by atoms with van der Waals surface area (Å²) >= 11 is 0. The number of aryl methyl sites for hydroxylation is 3. The van der Waals surface area contributed by atoms with Gasteiger partial charge in [0.15, 0.2) is 0 Å². The van der Waals surface area contributed by atoms with Gasteiger partial charge in [-0.3, -0.25) is 0 Å². The zero-order chi connectivity index (χ0) is 15.3. The Bertz CT molecular complexity index is 527. The molecule has 1 unspecified atom stereocenters. The van der Waals surface area contributed by atoms with Gasteiger partial charge in [0.1, 0.15) is 9.84 Å². The largest absolute Gasteiger partial charge is 0.310 e. The molecule has 0 radical (unpaired) electrons. The molecule has 0 aliphatic carbocycles. The standard InChI is InChI=1S/C16H27NO2S/c1-6-17-15(8-7-9-20(5,18)19)16-13(3)10-12(2)11-14(16)4/h10-11,15,17H,6-9H2,1-5H3. The topological polar surface area (TPSA) is 46.2 Å². The molecule has 0 bridgehead atoms. The van der Waals surface area contributed by atoms with Gasteiger partial charge in [-0.1, -0.05) is 24.6 Å². The molecule has 0 amide bonds. The number of rotatable bonds is 7. The fourth-order valence-corrected chi connectivity index (χ4v) is 3.58. The van der Waals surface area contributed by atoms with Crippen LogP contribution in [0.4, 0.5) is 0 Å². The van der Waals surface area contributed by atoms with Gasteiger partial charge in [-0.2, -0.15) is 0 Å². The van der Waals surface area contributed by atoms with Gasteiger partial charge in [0.25, 0.3) is 0 Å². The monoisotopic (exact) mass is 297 g/mol. The predicted molar refractivity (Wildman–Crippen MR) is 86.0 cm³/mol. The Hall–Kier alpha value is -0.870. The Morgan fingerprint density at radius 1 is 1.15 bits per heavy atom. The fraction of sp³-hybridized carbons (Fsp3) is 0.625. The summed E-state index contributed by atoms with van der Waals surface area (Å²) in [7, 11) is -2.87. The molecule has 1 aromatic carbocycles. The van der Waals surface area contributed by atoms with Crippen LogP contribution in [0.2, 0.25) is 0 Å². The highest BCUT2D eigenvalue weighted by Gasteiger charge is 2.16. The summed E-state index contributed by atoms with van der Waals surface area (Å²) in [6, 6.07) is 4.63. The minimum Gasteiger partial charge on any atom is -0.310 e. The smallest absolute Gasteiger partial charge is 0.147 e. The number of nitrogens with one attached hydrogen (secondary N) is 1. The first-order valence-electron chi connectivity index (χ1n) is 7.23. The van der Waals surface area contributed by atoms with E-state index in [-0.39, 0.29) is 11.8 Å². The van der Waals surface area contributed by atoms with Crippen LogP contribution in [0, 0.1) is 20.8 Å². The Balaban J connectivity index is 2.91. The van der Waals surface area contributed by atoms with Gasteiger partial charge < -0.3 is 5.32 Å². The quantitative estimate of drug-likeness (QED) is 0.841. The molecule has 1 aromatic rings. The number of sulfone groups is 1. The molecule has 0 fully saturated rings. The molecule has 20 heavy (non-hydrogen) atoms. The van der Waals surface area contributed by atoms with Crippen LogP contribution in [0.25, 0.3) is 0 Å². The molecule has 1 rings (SSSR count). The van der Waals surface area contributed by atoms with Crippen molar-refractivity contribution in [3.63, 3.8) is 0 Å². The summed E-state index contributed by atoms with van der Waals surface area (Å²) in [4.78, 5) is 0. The summed E-state index contributed by atoms with van der Waals surface area (Å²) < 4.78 is 22.5. The van der Waals surface area contributed by atoms with E-state index >= 15 is 0 Å². The van der Waals surface area contributed by atoms with Crippen LogP contribution in [0.15, 0.2) is 12.1 Å². The third-order valence-electron chi connectivity index (χ3n) is 3.54. The summed E-state index contributed by atoms with van der Waals surface area (Å²) in [5.74, 6) is 0.263. The average molecular weight is 297 g/mol. The molecule has 1 N–H and O–H groups in total. The van der Waals surface area contributed by atoms with Gasteiger partial charge in [-0.05, 0) is 56.8 Å². The van der Waals surface area contributed by atoms with E-state index in [2.05, 4.69) is 45.1 Å². The number of benzene rings is 1. The minimum atomic E-state index is -2.87. The van der Waals surface area contributed by atoms with Crippen LogP contribution >= 0.6 is 0 Å². The molecule has 0 saturated carbocycles. The van der Waals surface area contributed by atoms with E-state index in [1.165, 1.54) is 28.5 Å². The lowest BCUT2D eigenvalue weighted by molar-refractivity contribution is 0.503. The van der Waals surface area contributed by atoms with Gasteiger partial charge in [0, 0.05) is 18.1 Å². The molecule has 0 spiro atoms. The van der Waals surface area contributed by atoms with Crippen molar-refractivity contribution in [2.45, 2.75) is 46.6 Å². The molecule has 114 valence electrons. The molecule has 0 aliphatic heterocycles. The van der Waals surface area contributed by atoms with Crippen LogP contribution in [0.5, 0.6) is 0 Å². The van der Waals surface area contributed by atoms with E-state index in [9.17, 15) is 8.42 Å². The molecule has 4 heteroatoms. The highest BCUT2D eigenvalue weighted by Crippen LogP contribution is 2.27. The van der Waals surface area contributed by atoms with Crippen molar-refractivity contribution < 1.29 is 8.42 Å². The minimum absolute atomic E-state index is 0.238. The average Bonchev–Trinajstić information content (AvgIpc) is 2.25. The van der Waals surface area contributed by atoms with Crippen molar-refractivity contribution in [3.8, 4) is 0 Å². The normalized spacial score (nSPS) is 13.4. The van der Waals surface area contributed by atoms with Crippen molar-refractivity contribution in [3.05, 3.63) is 34.4 Å². The van der Waals surface area contributed by atoms with Crippen LogP contribution in [-0.4, -0.2) is 27.0 Å². The van der Waals surface area contributed by atoms with E-state index in [4.69, 9.17) is 0 Å². The van der Waals surface area contributed by atoms with Gasteiger partial charge in [-0.15, -0.1) is 0 Å². The Kier molecular flexibility index (Phi) is 6.21.